The molecule has 2 heterocycles. The van der Waals surface area contributed by atoms with Crippen LogP contribution in [0.3, 0.4) is 0 Å². The Morgan fingerprint density at radius 3 is 2.45 bits per heavy atom. The third-order valence-electron chi connectivity index (χ3n) is 3.32. The van der Waals surface area contributed by atoms with Gasteiger partial charge in [-0.2, -0.15) is 15.0 Å². The Bertz CT molecular complexity index is 419. The first-order chi connectivity index (χ1) is 9.76. The topological polar surface area (TPSA) is 66.4 Å². The molecular formula is C13H24N6O. The van der Waals surface area contributed by atoms with E-state index in [9.17, 15) is 0 Å². The van der Waals surface area contributed by atoms with E-state index < -0.39 is 0 Å². The first-order valence-electron chi connectivity index (χ1n) is 7.28. The molecule has 0 unspecified atom stereocenters. The van der Waals surface area contributed by atoms with E-state index in [0.717, 1.165) is 39.3 Å². The highest BCUT2D eigenvalue weighted by molar-refractivity contribution is 5.38. The Hall–Kier alpha value is -1.63. The molecule has 7 heteroatoms. The van der Waals surface area contributed by atoms with Crippen molar-refractivity contribution in [3.8, 4) is 6.01 Å². The van der Waals surface area contributed by atoms with Crippen LogP contribution in [0.1, 0.15) is 20.3 Å². The molecule has 1 aromatic heterocycles. The van der Waals surface area contributed by atoms with Crippen LogP contribution in [0.15, 0.2) is 0 Å². The van der Waals surface area contributed by atoms with Crippen molar-refractivity contribution in [3.63, 3.8) is 0 Å². The lowest BCUT2D eigenvalue weighted by molar-refractivity contribution is 0.257. The molecule has 7 nitrogen and oxygen atoms in total. The van der Waals surface area contributed by atoms with Gasteiger partial charge in [0.1, 0.15) is 0 Å². The van der Waals surface area contributed by atoms with Crippen LogP contribution < -0.4 is 15.0 Å². The molecular weight excluding hydrogens is 256 g/mol. The van der Waals surface area contributed by atoms with Crippen molar-refractivity contribution in [3.05, 3.63) is 0 Å². The molecule has 1 N–H and O–H groups in total. The zero-order valence-electron chi connectivity index (χ0n) is 12.6. The van der Waals surface area contributed by atoms with Gasteiger partial charge in [0.25, 0.3) is 0 Å². The molecule has 0 amide bonds. The van der Waals surface area contributed by atoms with Crippen molar-refractivity contribution in [2.75, 3.05) is 56.6 Å². The highest BCUT2D eigenvalue weighted by Gasteiger charge is 2.20. The van der Waals surface area contributed by atoms with Crippen LogP contribution in [-0.4, -0.2) is 66.2 Å². The summed E-state index contributed by atoms with van der Waals surface area (Å²) in [6.07, 6.45) is 1.20. The van der Waals surface area contributed by atoms with Gasteiger partial charge in [0.05, 0.1) is 7.11 Å². The summed E-state index contributed by atoms with van der Waals surface area (Å²) in [5.74, 6) is 1.27. The van der Waals surface area contributed by atoms with Crippen LogP contribution in [0.5, 0.6) is 6.01 Å². The van der Waals surface area contributed by atoms with Crippen LogP contribution >= 0.6 is 0 Å². The second-order valence-corrected chi connectivity index (χ2v) is 4.80. The third-order valence-corrected chi connectivity index (χ3v) is 3.32. The van der Waals surface area contributed by atoms with E-state index in [-0.39, 0.29) is 0 Å². The first-order valence-corrected chi connectivity index (χ1v) is 7.28. The average molecular weight is 280 g/mol. The van der Waals surface area contributed by atoms with Gasteiger partial charge < -0.3 is 15.0 Å². The number of nitrogens with one attached hydrogen (secondary N) is 1. The van der Waals surface area contributed by atoms with E-state index in [2.05, 4.69) is 37.0 Å². The van der Waals surface area contributed by atoms with Crippen molar-refractivity contribution in [2.45, 2.75) is 20.3 Å². The quantitative estimate of drug-likeness (QED) is 0.828. The standard InChI is InChI=1S/C13H24N6O/c1-4-6-18-7-9-19(10-8-18)12-15-11(14-5-2)16-13(17-12)20-3/h4-10H2,1-3H3,(H,14,15,16,17). The van der Waals surface area contributed by atoms with Crippen molar-refractivity contribution in [2.24, 2.45) is 0 Å². The number of nitrogens with zero attached hydrogens (tertiary/aromatic N) is 5. The van der Waals surface area contributed by atoms with E-state index in [1.807, 2.05) is 6.92 Å². The number of aromatic nitrogens is 3. The number of methoxy groups -OCH3 is 1. The monoisotopic (exact) mass is 280 g/mol. The summed E-state index contributed by atoms with van der Waals surface area (Å²) in [5.41, 5.74) is 0. The van der Waals surface area contributed by atoms with Crippen molar-refractivity contribution < 1.29 is 4.74 Å². The predicted molar refractivity (Wildman–Crippen MR) is 79.5 cm³/mol. The van der Waals surface area contributed by atoms with Crippen LogP contribution in [-0.2, 0) is 0 Å². The summed E-state index contributed by atoms with van der Waals surface area (Å²) >= 11 is 0. The minimum Gasteiger partial charge on any atom is -0.467 e. The number of anilines is 2. The SMILES string of the molecule is CCCN1CCN(c2nc(NCC)nc(OC)n2)CC1. The number of piperazine rings is 1. The summed E-state index contributed by atoms with van der Waals surface area (Å²) in [6.45, 7) is 10.2. The summed E-state index contributed by atoms with van der Waals surface area (Å²) in [4.78, 5) is 17.7. The molecule has 1 aliphatic rings. The molecule has 1 aliphatic heterocycles. The fourth-order valence-electron chi connectivity index (χ4n) is 2.30. The van der Waals surface area contributed by atoms with Crippen molar-refractivity contribution in [1.29, 1.82) is 0 Å². The molecule has 1 aromatic rings. The zero-order valence-corrected chi connectivity index (χ0v) is 12.6. The van der Waals surface area contributed by atoms with Gasteiger partial charge in [0, 0.05) is 32.7 Å². The van der Waals surface area contributed by atoms with Gasteiger partial charge in [-0.3, -0.25) is 4.90 Å². The summed E-state index contributed by atoms with van der Waals surface area (Å²) in [5, 5.41) is 3.11. The number of hydrogen-bond donors (Lipinski definition) is 1. The van der Waals surface area contributed by atoms with Gasteiger partial charge >= 0.3 is 6.01 Å². The number of ether oxygens (including phenoxy) is 1. The molecule has 0 aliphatic carbocycles. The minimum absolute atomic E-state index is 0.363. The van der Waals surface area contributed by atoms with Gasteiger partial charge in [-0.25, -0.2) is 0 Å². The van der Waals surface area contributed by atoms with E-state index in [1.165, 1.54) is 6.42 Å². The van der Waals surface area contributed by atoms with Crippen LogP contribution in [0, 0.1) is 0 Å². The summed E-state index contributed by atoms with van der Waals surface area (Å²) in [7, 11) is 1.58. The highest BCUT2D eigenvalue weighted by atomic mass is 16.5. The second-order valence-electron chi connectivity index (χ2n) is 4.80. The lowest BCUT2D eigenvalue weighted by Gasteiger charge is -2.34. The van der Waals surface area contributed by atoms with Crippen molar-refractivity contribution in [1.82, 2.24) is 19.9 Å². The smallest absolute Gasteiger partial charge is 0.322 e. The Balaban J connectivity index is 2.06. The van der Waals surface area contributed by atoms with E-state index in [4.69, 9.17) is 4.74 Å². The molecule has 1 saturated heterocycles. The minimum atomic E-state index is 0.363. The molecule has 112 valence electrons. The molecule has 0 saturated carbocycles. The lowest BCUT2D eigenvalue weighted by atomic mass is 10.3. The summed E-state index contributed by atoms with van der Waals surface area (Å²) in [6, 6.07) is 0.363. The second kappa shape index (κ2) is 7.23. The lowest BCUT2D eigenvalue weighted by Crippen LogP contribution is -2.47. The molecule has 0 aromatic carbocycles. The summed E-state index contributed by atoms with van der Waals surface area (Å²) < 4.78 is 5.15. The van der Waals surface area contributed by atoms with Gasteiger partial charge in [-0.05, 0) is 19.9 Å². The maximum Gasteiger partial charge on any atom is 0.322 e. The Morgan fingerprint density at radius 1 is 1.10 bits per heavy atom. The third kappa shape index (κ3) is 3.69. The molecule has 0 bridgehead atoms. The maximum absolute atomic E-state index is 5.15. The maximum atomic E-state index is 5.15. The van der Waals surface area contributed by atoms with Crippen LogP contribution in [0.2, 0.25) is 0 Å². The number of rotatable bonds is 6. The fourth-order valence-corrected chi connectivity index (χ4v) is 2.30. The predicted octanol–water partition coefficient (Wildman–Crippen LogP) is 0.844. The molecule has 0 radical (unpaired) electrons. The van der Waals surface area contributed by atoms with Crippen LogP contribution in [0.4, 0.5) is 11.9 Å². The molecule has 0 spiro atoms. The Morgan fingerprint density at radius 2 is 1.85 bits per heavy atom. The Labute approximate surface area is 120 Å². The Kier molecular flexibility index (Phi) is 5.34. The zero-order chi connectivity index (χ0) is 14.4. The first kappa shape index (κ1) is 14.8. The van der Waals surface area contributed by atoms with E-state index in [1.54, 1.807) is 7.11 Å². The fraction of sp³-hybridized carbons (Fsp3) is 0.769. The van der Waals surface area contributed by atoms with Gasteiger partial charge in [0.2, 0.25) is 11.9 Å². The highest BCUT2D eigenvalue weighted by Crippen LogP contribution is 2.16. The van der Waals surface area contributed by atoms with Gasteiger partial charge in [-0.1, -0.05) is 6.92 Å². The molecule has 0 atom stereocenters. The van der Waals surface area contributed by atoms with Crippen molar-refractivity contribution >= 4 is 11.9 Å². The molecule has 2 rings (SSSR count). The average Bonchev–Trinajstić information content (AvgIpc) is 2.48. The van der Waals surface area contributed by atoms with Gasteiger partial charge in [0.15, 0.2) is 0 Å². The molecule has 20 heavy (non-hydrogen) atoms. The van der Waals surface area contributed by atoms with E-state index >= 15 is 0 Å². The van der Waals surface area contributed by atoms with Crippen LogP contribution in [0.25, 0.3) is 0 Å². The van der Waals surface area contributed by atoms with E-state index in [0.29, 0.717) is 17.9 Å². The normalized spacial score (nSPS) is 16.2. The molecule has 1 fully saturated rings. The van der Waals surface area contributed by atoms with Gasteiger partial charge in [-0.15, -0.1) is 0 Å². The number of hydrogen-bond acceptors (Lipinski definition) is 7. The largest absolute Gasteiger partial charge is 0.467 e.